The molecular formula is C21H23F2N3O. The largest absolute Gasteiger partial charge is 0.391 e. The number of aliphatic hydroxyl groups excluding tert-OH is 1. The van der Waals surface area contributed by atoms with Crippen molar-refractivity contribution in [3.63, 3.8) is 0 Å². The van der Waals surface area contributed by atoms with Crippen molar-refractivity contribution in [2.24, 2.45) is 0 Å². The lowest BCUT2D eigenvalue weighted by Gasteiger charge is -2.12. The average molecular weight is 371 g/mol. The highest BCUT2D eigenvalue weighted by Gasteiger charge is 2.16. The lowest BCUT2D eigenvalue weighted by molar-refractivity contribution is 0.171. The number of hydrogen-bond donors (Lipinski definition) is 2. The van der Waals surface area contributed by atoms with Crippen molar-refractivity contribution in [2.75, 3.05) is 6.54 Å². The maximum Gasteiger partial charge on any atom is 0.151 e. The molecule has 27 heavy (non-hydrogen) atoms. The third kappa shape index (κ3) is 4.59. The van der Waals surface area contributed by atoms with Gasteiger partial charge in [-0.2, -0.15) is 5.10 Å². The van der Waals surface area contributed by atoms with E-state index in [1.807, 2.05) is 44.2 Å². The molecule has 6 heteroatoms. The molecule has 2 aromatic carbocycles. The van der Waals surface area contributed by atoms with Crippen molar-refractivity contribution in [1.82, 2.24) is 15.1 Å². The molecule has 0 fully saturated rings. The zero-order valence-electron chi connectivity index (χ0n) is 15.4. The Balaban J connectivity index is 1.65. The summed E-state index contributed by atoms with van der Waals surface area (Å²) in [5, 5.41) is 17.8. The maximum atomic E-state index is 14.1. The lowest BCUT2D eigenvalue weighted by atomic mass is 10.1. The second-order valence-electron chi connectivity index (χ2n) is 6.63. The second kappa shape index (κ2) is 8.41. The number of benzene rings is 2. The van der Waals surface area contributed by atoms with E-state index in [0.717, 1.165) is 28.6 Å². The molecule has 0 spiro atoms. The summed E-state index contributed by atoms with van der Waals surface area (Å²) in [5.74, 6) is -1.27. The Morgan fingerprint density at radius 2 is 1.85 bits per heavy atom. The summed E-state index contributed by atoms with van der Waals surface area (Å²) in [4.78, 5) is 0. The van der Waals surface area contributed by atoms with E-state index in [2.05, 4.69) is 10.4 Å². The molecule has 1 atom stereocenters. The molecule has 0 aliphatic rings. The van der Waals surface area contributed by atoms with Crippen LogP contribution in [0.2, 0.25) is 0 Å². The minimum Gasteiger partial charge on any atom is -0.391 e. The SMILES string of the molecule is Cc1nn(-c2ccc(F)cc2F)c(C)c1CNCC(O)Cc1ccccc1. The summed E-state index contributed by atoms with van der Waals surface area (Å²) in [6, 6.07) is 13.3. The molecule has 0 aliphatic heterocycles. The van der Waals surface area contributed by atoms with Crippen molar-refractivity contribution < 1.29 is 13.9 Å². The third-order valence-electron chi connectivity index (χ3n) is 4.57. The van der Waals surface area contributed by atoms with Crippen molar-refractivity contribution in [1.29, 1.82) is 0 Å². The Labute approximate surface area is 157 Å². The van der Waals surface area contributed by atoms with E-state index in [4.69, 9.17) is 0 Å². The van der Waals surface area contributed by atoms with Gasteiger partial charge in [-0.3, -0.25) is 0 Å². The van der Waals surface area contributed by atoms with Gasteiger partial charge in [0.1, 0.15) is 11.5 Å². The fourth-order valence-corrected chi connectivity index (χ4v) is 3.14. The van der Waals surface area contributed by atoms with Crippen molar-refractivity contribution in [3.8, 4) is 5.69 Å². The van der Waals surface area contributed by atoms with E-state index in [0.29, 0.717) is 19.5 Å². The summed E-state index contributed by atoms with van der Waals surface area (Å²) in [7, 11) is 0. The summed E-state index contributed by atoms with van der Waals surface area (Å²) < 4.78 is 28.7. The van der Waals surface area contributed by atoms with Gasteiger partial charge in [-0.25, -0.2) is 13.5 Å². The first kappa shape index (κ1) is 19.2. The Kier molecular flexibility index (Phi) is 5.98. The Morgan fingerprint density at radius 1 is 1.11 bits per heavy atom. The van der Waals surface area contributed by atoms with Gasteiger partial charge in [-0.15, -0.1) is 0 Å². The molecule has 3 rings (SSSR count). The Hall–Kier alpha value is -2.57. The number of aliphatic hydroxyl groups is 1. The number of rotatable bonds is 7. The second-order valence-corrected chi connectivity index (χ2v) is 6.63. The molecule has 142 valence electrons. The van der Waals surface area contributed by atoms with Crippen LogP contribution in [-0.4, -0.2) is 27.5 Å². The first-order chi connectivity index (χ1) is 13.0. The quantitative estimate of drug-likeness (QED) is 0.669. The number of halogens is 2. The zero-order chi connectivity index (χ0) is 19.4. The molecule has 2 N–H and O–H groups in total. The molecule has 0 bridgehead atoms. The van der Waals surface area contributed by atoms with Crippen LogP contribution in [0, 0.1) is 25.5 Å². The first-order valence-electron chi connectivity index (χ1n) is 8.89. The highest BCUT2D eigenvalue weighted by molar-refractivity contribution is 5.38. The summed E-state index contributed by atoms with van der Waals surface area (Å²) in [6.45, 7) is 4.64. The van der Waals surface area contributed by atoms with Crippen molar-refractivity contribution in [3.05, 3.63) is 82.7 Å². The van der Waals surface area contributed by atoms with E-state index in [9.17, 15) is 13.9 Å². The molecule has 1 unspecified atom stereocenters. The Morgan fingerprint density at radius 3 is 2.56 bits per heavy atom. The molecule has 3 aromatic rings. The monoisotopic (exact) mass is 371 g/mol. The van der Waals surface area contributed by atoms with Crippen LogP contribution in [0.4, 0.5) is 8.78 Å². The van der Waals surface area contributed by atoms with Crippen molar-refractivity contribution in [2.45, 2.75) is 32.9 Å². The van der Waals surface area contributed by atoms with Gasteiger partial charge in [0.25, 0.3) is 0 Å². The Bertz CT molecular complexity index is 909. The maximum absolute atomic E-state index is 14.1. The summed E-state index contributed by atoms with van der Waals surface area (Å²) in [6.07, 6.45) is 0.0730. The summed E-state index contributed by atoms with van der Waals surface area (Å²) in [5.41, 5.74) is 3.78. The van der Waals surface area contributed by atoms with Gasteiger partial charge < -0.3 is 10.4 Å². The molecule has 1 heterocycles. The van der Waals surface area contributed by atoms with E-state index >= 15 is 0 Å². The van der Waals surface area contributed by atoms with Gasteiger partial charge in [0.15, 0.2) is 5.82 Å². The number of nitrogens with zero attached hydrogens (tertiary/aromatic N) is 2. The first-order valence-corrected chi connectivity index (χ1v) is 8.89. The summed E-state index contributed by atoms with van der Waals surface area (Å²) >= 11 is 0. The van der Waals surface area contributed by atoms with Crippen LogP contribution in [0.3, 0.4) is 0 Å². The van der Waals surface area contributed by atoms with Gasteiger partial charge in [0.2, 0.25) is 0 Å². The lowest BCUT2D eigenvalue weighted by Crippen LogP contribution is -2.28. The van der Waals surface area contributed by atoms with Gasteiger partial charge >= 0.3 is 0 Å². The van der Waals surface area contributed by atoms with Gasteiger partial charge in [0.05, 0.1) is 11.8 Å². The highest BCUT2D eigenvalue weighted by Crippen LogP contribution is 2.20. The molecule has 0 radical (unpaired) electrons. The fraction of sp³-hybridized carbons (Fsp3) is 0.286. The number of aromatic nitrogens is 2. The van der Waals surface area contributed by atoms with E-state index in [-0.39, 0.29) is 5.69 Å². The van der Waals surface area contributed by atoms with Crippen LogP contribution >= 0.6 is 0 Å². The predicted octanol–water partition coefficient (Wildman–Crippen LogP) is 3.46. The normalized spacial score (nSPS) is 12.3. The molecule has 0 saturated carbocycles. The van der Waals surface area contributed by atoms with Crippen LogP contribution < -0.4 is 5.32 Å². The van der Waals surface area contributed by atoms with Crippen LogP contribution in [0.15, 0.2) is 48.5 Å². The molecule has 0 aliphatic carbocycles. The van der Waals surface area contributed by atoms with Crippen molar-refractivity contribution >= 4 is 0 Å². The fourth-order valence-electron chi connectivity index (χ4n) is 3.14. The smallest absolute Gasteiger partial charge is 0.151 e. The van der Waals surface area contributed by atoms with Gasteiger partial charge in [0, 0.05) is 30.4 Å². The molecule has 1 aromatic heterocycles. The minimum absolute atomic E-state index is 0.215. The number of hydrogen-bond acceptors (Lipinski definition) is 3. The predicted molar refractivity (Wildman–Crippen MR) is 101 cm³/mol. The molecule has 4 nitrogen and oxygen atoms in total. The number of nitrogens with one attached hydrogen (secondary N) is 1. The van der Waals surface area contributed by atoms with E-state index in [1.54, 1.807) is 0 Å². The van der Waals surface area contributed by atoms with Crippen LogP contribution in [-0.2, 0) is 13.0 Å². The highest BCUT2D eigenvalue weighted by atomic mass is 19.1. The van der Waals surface area contributed by atoms with Gasteiger partial charge in [-0.05, 0) is 38.0 Å². The zero-order valence-corrected chi connectivity index (χ0v) is 15.4. The standard InChI is InChI=1S/C21H23F2N3O/c1-14-19(13-24-12-18(27)10-16-6-4-3-5-7-16)15(2)26(25-14)21-9-8-17(22)11-20(21)23/h3-9,11,18,24,27H,10,12-13H2,1-2H3. The molecule has 0 amide bonds. The number of aryl methyl sites for hydroxylation is 1. The van der Waals surface area contributed by atoms with Gasteiger partial charge in [-0.1, -0.05) is 30.3 Å². The van der Waals surface area contributed by atoms with E-state index in [1.165, 1.54) is 16.8 Å². The molecule has 0 saturated heterocycles. The van der Waals surface area contributed by atoms with Crippen LogP contribution in [0.1, 0.15) is 22.5 Å². The topological polar surface area (TPSA) is 50.1 Å². The third-order valence-corrected chi connectivity index (χ3v) is 4.57. The van der Waals surface area contributed by atoms with E-state index < -0.39 is 17.7 Å². The molecular weight excluding hydrogens is 348 g/mol. The van der Waals surface area contributed by atoms with Crippen LogP contribution in [0.25, 0.3) is 5.69 Å². The average Bonchev–Trinajstić information content (AvgIpc) is 2.90. The van der Waals surface area contributed by atoms with Crippen LogP contribution in [0.5, 0.6) is 0 Å². The minimum atomic E-state index is -0.654.